The number of rotatable bonds is 61. The van der Waals surface area contributed by atoms with Gasteiger partial charge < -0.3 is 35.2 Å². The molecule has 1 amide bonds. The van der Waals surface area contributed by atoms with E-state index in [2.05, 4.69) is 23.3 Å². The Bertz CT molecular complexity index is 1380. The first-order valence-corrected chi connectivity index (χ1v) is 35.3. The van der Waals surface area contributed by atoms with E-state index in [0.717, 1.165) is 51.4 Å². The summed E-state index contributed by atoms with van der Waals surface area (Å²) in [5.74, 6) is -0.219. The van der Waals surface area contributed by atoms with Crippen molar-refractivity contribution in [3.05, 3.63) is 0 Å². The van der Waals surface area contributed by atoms with Crippen molar-refractivity contribution in [3.8, 4) is 0 Å². The van der Waals surface area contributed by atoms with Crippen LogP contribution in [-0.4, -0.2) is 95.4 Å². The Morgan fingerprint density at radius 1 is 0.462 bits per heavy atom. The molecule has 7 atom stereocenters. The van der Waals surface area contributed by atoms with Crippen LogP contribution < -0.4 is 5.32 Å². The Morgan fingerprint density at radius 2 is 0.744 bits per heavy atom. The normalized spacial score (nSPS) is 18.7. The third kappa shape index (κ3) is 46.6. The first-order chi connectivity index (χ1) is 38.0. The third-order valence-electron chi connectivity index (χ3n) is 16.7. The summed E-state index contributed by atoms with van der Waals surface area (Å²) in [5.41, 5.74) is 0. The molecule has 1 aliphatic heterocycles. The molecule has 6 N–H and O–H groups in total. The maximum absolute atomic E-state index is 13.2. The topological polar surface area (TPSA) is 192 Å². The molecule has 0 spiro atoms. The average Bonchev–Trinajstić information content (AvgIpc) is 3.45. The van der Waals surface area contributed by atoms with Gasteiger partial charge in [0.25, 0.3) is 0 Å². The average molecular weight is 1130 g/mol. The molecular weight excluding hydrogens is 1000 g/mol. The lowest BCUT2D eigenvalue weighted by atomic mass is 9.99. The largest absolute Gasteiger partial charge is 0.397 e. The van der Waals surface area contributed by atoms with Crippen LogP contribution in [0.3, 0.4) is 0 Å². The number of hydrogen-bond acceptors (Lipinski definition) is 10. The first-order valence-electron chi connectivity index (χ1n) is 33.9. The number of ether oxygens (including phenoxy) is 2. The molecule has 1 heterocycles. The van der Waals surface area contributed by atoms with E-state index in [1.54, 1.807) is 0 Å². The van der Waals surface area contributed by atoms with Crippen LogP contribution in [0.15, 0.2) is 0 Å². The zero-order chi connectivity index (χ0) is 56.8. The number of carbonyl (C=O) groups is 1. The fraction of sp³-hybridized carbons (Fsp3) is 0.985. The Kier molecular flexibility index (Phi) is 53.3. The van der Waals surface area contributed by atoms with Crippen LogP contribution in [0.4, 0.5) is 0 Å². The fourth-order valence-electron chi connectivity index (χ4n) is 11.5. The molecule has 0 aromatic rings. The van der Waals surface area contributed by atoms with Crippen molar-refractivity contribution >= 4 is 16.3 Å². The first kappa shape index (κ1) is 75.1. The van der Waals surface area contributed by atoms with Gasteiger partial charge in [-0.05, 0) is 12.8 Å². The van der Waals surface area contributed by atoms with Crippen molar-refractivity contribution in [1.29, 1.82) is 0 Å². The molecule has 1 fully saturated rings. The van der Waals surface area contributed by atoms with Crippen molar-refractivity contribution in [2.75, 3.05) is 13.2 Å². The summed E-state index contributed by atoms with van der Waals surface area (Å²) < 4.78 is 48.1. The molecule has 1 aliphatic rings. The second kappa shape index (κ2) is 55.3. The van der Waals surface area contributed by atoms with E-state index in [-0.39, 0.29) is 12.5 Å². The molecule has 0 aromatic carbocycles. The molecule has 0 saturated carbocycles. The van der Waals surface area contributed by atoms with E-state index in [4.69, 9.17) is 9.47 Å². The number of unbranched alkanes of at least 4 members (excludes halogenated alkanes) is 49. The Hall–Kier alpha value is -0.900. The highest BCUT2D eigenvalue weighted by Crippen LogP contribution is 2.27. The Balaban J connectivity index is 2.24. The molecule has 0 bridgehead atoms. The predicted octanol–water partition coefficient (Wildman–Crippen LogP) is 17.2. The van der Waals surface area contributed by atoms with Crippen LogP contribution in [-0.2, 0) is 28.9 Å². The van der Waals surface area contributed by atoms with Crippen molar-refractivity contribution < 1.29 is 51.8 Å². The van der Waals surface area contributed by atoms with E-state index in [1.807, 2.05) is 0 Å². The van der Waals surface area contributed by atoms with Gasteiger partial charge in [0.1, 0.15) is 24.4 Å². The van der Waals surface area contributed by atoms with Gasteiger partial charge in [-0.2, -0.15) is 8.42 Å². The summed E-state index contributed by atoms with van der Waals surface area (Å²) in [6.07, 6.45) is 58.5. The van der Waals surface area contributed by atoms with E-state index in [9.17, 15) is 38.2 Å². The minimum Gasteiger partial charge on any atom is -0.394 e. The maximum atomic E-state index is 13.2. The van der Waals surface area contributed by atoms with Crippen molar-refractivity contribution in [3.63, 3.8) is 0 Å². The number of nitrogens with one attached hydrogen (secondary N) is 1. The van der Waals surface area contributed by atoms with Crippen LogP contribution in [0.25, 0.3) is 0 Å². The fourth-order valence-corrected chi connectivity index (χ4v) is 12.0. The highest BCUT2D eigenvalue weighted by atomic mass is 32.3. The SMILES string of the molecule is CCCCCCCCCCCCCCCCCCCCCCCCCCCCCCCC(=O)NC(COC1OC(CO)C(O)C(OS(=O)(=O)O)C1O)C(O)CCCCCCCCCCCCCCCCCCCCCCCC. The lowest BCUT2D eigenvalue weighted by Gasteiger charge is -2.41. The minimum absolute atomic E-state index is 0.219. The van der Waals surface area contributed by atoms with Crippen molar-refractivity contribution in [2.45, 2.75) is 397 Å². The zero-order valence-electron chi connectivity index (χ0n) is 51.0. The van der Waals surface area contributed by atoms with Gasteiger partial charge >= 0.3 is 10.4 Å². The second-order valence-electron chi connectivity index (χ2n) is 24.1. The molecule has 0 aliphatic carbocycles. The number of amides is 1. The van der Waals surface area contributed by atoms with Gasteiger partial charge in [0.05, 0.1) is 25.4 Å². The highest BCUT2D eigenvalue weighted by Gasteiger charge is 2.48. The molecule has 1 saturated heterocycles. The molecule has 0 aromatic heterocycles. The van der Waals surface area contributed by atoms with Crippen LogP contribution in [0.5, 0.6) is 0 Å². The van der Waals surface area contributed by atoms with Crippen LogP contribution >= 0.6 is 0 Å². The van der Waals surface area contributed by atoms with Crippen molar-refractivity contribution in [2.24, 2.45) is 0 Å². The minimum atomic E-state index is -5.08. The summed E-state index contributed by atoms with van der Waals surface area (Å²) in [4.78, 5) is 13.2. The van der Waals surface area contributed by atoms with Crippen LogP contribution in [0.2, 0.25) is 0 Å². The van der Waals surface area contributed by atoms with Gasteiger partial charge in [-0.15, -0.1) is 0 Å². The van der Waals surface area contributed by atoms with Gasteiger partial charge in [0.15, 0.2) is 6.29 Å². The lowest BCUT2D eigenvalue weighted by Crippen LogP contribution is -2.61. The molecule has 12 nitrogen and oxygen atoms in total. The molecule has 78 heavy (non-hydrogen) atoms. The summed E-state index contributed by atoms with van der Waals surface area (Å²) in [7, 11) is -5.08. The highest BCUT2D eigenvalue weighted by molar-refractivity contribution is 7.80. The zero-order valence-corrected chi connectivity index (χ0v) is 51.8. The number of hydrogen-bond donors (Lipinski definition) is 6. The molecule has 0 radical (unpaired) electrons. The standard InChI is InChI=1S/C65H129NO11S/c1-3-5-7-9-11-13-15-17-19-21-23-25-27-28-29-30-31-32-33-35-37-39-41-43-45-47-49-51-53-55-61(69)66-58(57-75-65-63(71)64(77-78(72,73)74)62(70)60(56-67)76-65)59(68)54-52-50-48-46-44-42-40-38-36-34-26-24-22-20-18-16-14-12-10-8-6-4-2/h58-60,62-65,67-68,70-71H,3-57H2,1-2H3,(H,66,69)(H,72,73,74). The second-order valence-corrected chi connectivity index (χ2v) is 25.2. The van der Waals surface area contributed by atoms with E-state index >= 15 is 0 Å². The Labute approximate surface area is 481 Å². The molecule has 13 heteroatoms. The monoisotopic (exact) mass is 1130 g/mol. The maximum Gasteiger partial charge on any atom is 0.397 e. The smallest absolute Gasteiger partial charge is 0.394 e. The number of aliphatic hydroxyl groups excluding tert-OH is 4. The Morgan fingerprint density at radius 3 is 1.03 bits per heavy atom. The van der Waals surface area contributed by atoms with Gasteiger partial charge in [-0.3, -0.25) is 9.35 Å². The van der Waals surface area contributed by atoms with E-state index in [1.165, 1.54) is 276 Å². The van der Waals surface area contributed by atoms with E-state index < -0.39 is 59.9 Å². The summed E-state index contributed by atoms with van der Waals surface area (Å²) in [5, 5.41) is 45.3. The van der Waals surface area contributed by atoms with Gasteiger partial charge in [0.2, 0.25) is 5.91 Å². The third-order valence-corrected chi connectivity index (χ3v) is 17.1. The van der Waals surface area contributed by atoms with Crippen molar-refractivity contribution in [1.82, 2.24) is 5.32 Å². The van der Waals surface area contributed by atoms with Crippen LogP contribution in [0, 0.1) is 0 Å². The molecule has 1 rings (SSSR count). The van der Waals surface area contributed by atoms with Crippen LogP contribution in [0.1, 0.15) is 354 Å². The molecular formula is C65H129NO11S. The van der Waals surface area contributed by atoms with Gasteiger partial charge in [-0.1, -0.05) is 335 Å². The summed E-state index contributed by atoms with van der Waals surface area (Å²) in [6, 6.07) is -0.854. The lowest BCUT2D eigenvalue weighted by molar-refractivity contribution is -0.298. The molecule has 466 valence electrons. The molecule has 7 unspecified atom stereocenters. The summed E-state index contributed by atoms with van der Waals surface area (Å²) >= 11 is 0. The van der Waals surface area contributed by atoms with E-state index in [0.29, 0.717) is 12.8 Å². The predicted molar refractivity (Wildman–Crippen MR) is 324 cm³/mol. The number of carbonyl (C=O) groups excluding carboxylic acids is 1. The van der Waals surface area contributed by atoms with Gasteiger partial charge in [-0.25, -0.2) is 4.18 Å². The quantitative estimate of drug-likeness (QED) is 0.0251. The number of aliphatic hydroxyl groups is 4. The van der Waals surface area contributed by atoms with Gasteiger partial charge in [0, 0.05) is 6.42 Å². The summed E-state index contributed by atoms with van der Waals surface area (Å²) in [6.45, 7) is 3.53.